The van der Waals surface area contributed by atoms with Crippen molar-refractivity contribution < 1.29 is 4.74 Å². The molecule has 0 bridgehead atoms. The van der Waals surface area contributed by atoms with Crippen LogP contribution >= 0.6 is 27.5 Å². The number of halogens is 2. The monoisotopic (exact) mass is 339 g/mol. The fourth-order valence-electron chi connectivity index (χ4n) is 1.77. The van der Waals surface area contributed by atoms with Crippen LogP contribution in [0.1, 0.15) is 12.5 Å². The summed E-state index contributed by atoms with van der Waals surface area (Å²) >= 11 is 9.42. The predicted molar refractivity (Wildman–Crippen MR) is 83.0 cm³/mol. The number of hydrogen-bond acceptors (Lipinski definition) is 2. The molecule has 0 saturated carbocycles. The highest BCUT2D eigenvalue weighted by atomic mass is 79.9. The Morgan fingerprint density at radius 2 is 1.89 bits per heavy atom. The Morgan fingerprint density at radius 1 is 1.21 bits per heavy atom. The van der Waals surface area contributed by atoms with E-state index in [1.54, 1.807) is 0 Å². The van der Waals surface area contributed by atoms with Crippen LogP contribution in [0.2, 0.25) is 5.02 Å². The molecule has 1 unspecified atom stereocenters. The van der Waals surface area contributed by atoms with Gasteiger partial charge in [0.1, 0.15) is 11.5 Å². The van der Waals surface area contributed by atoms with Crippen LogP contribution in [-0.4, -0.2) is 6.04 Å². The van der Waals surface area contributed by atoms with E-state index in [0.717, 1.165) is 28.0 Å². The van der Waals surface area contributed by atoms with Gasteiger partial charge in [-0.1, -0.05) is 33.6 Å². The van der Waals surface area contributed by atoms with Crippen molar-refractivity contribution in [1.29, 1.82) is 0 Å². The number of rotatable bonds is 4. The highest BCUT2D eigenvalue weighted by Gasteiger charge is 2.08. The van der Waals surface area contributed by atoms with E-state index in [4.69, 9.17) is 22.1 Å². The normalized spacial score (nSPS) is 12.2. The summed E-state index contributed by atoms with van der Waals surface area (Å²) < 4.78 is 6.90. The molecule has 2 aromatic rings. The van der Waals surface area contributed by atoms with Crippen molar-refractivity contribution in [2.45, 2.75) is 19.4 Å². The van der Waals surface area contributed by atoms with Crippen molar-refractivity contribution in [2.75, 3.05) is 0 Å². The molecule has 2 rings (SSSR count). The lowest BCUT2D eigenvalue weighted by atomic mass is 10.1. The summed E-state index contributed by atoms with van der Waals surface area (Å²) in [6, 6.07) is 13.4. The molecule has 4 heteroatoms. The molecule has 0 amide bonds. The Bertz CT molecular complexity index is 555. The van der Waals surface area contributed by atoms with Crippen molar-refractivity contribution in [3.63, 3.8) is 0 Å². The molecule has 0 aliphatic rings. The summed E-state index contributed by atoms with van der Waals surface area (Å²) in [6.07, 6.45) is 0.753. The lowest BCUT2D eigenvalue weighted by Crippen LogP contribution is -2.18. The Morgan fingerprint density at radius 3 is 2.53 bits per heavy atom. The lowest BCUT2D eigenvalue weighted by molar-refractivity contribution is 0.474. The number of hydrogen-bond donors (Lipinski definition) is 1. The Balaban J connectivity index is 2.27. The van der Waals surface area contributed by atoms with Gasteiger partial charge >= 0.3 is 0 Å². The molecule has 0 aliphatic heterocycles. The zero-order valence-electron chi connectivity index (χ0n) is 10.6. The van der Waals surface area contributed by atoms with Gasteiger partial charge in [0.05, 0.1) is 0 Å². The van der Waals surface area contributed by atoms with Crippen molar-refractivity contribution >= 4 is 27.5 Å². The van der Waals surface area contributed by atoms with Crippen LogP contribution in [0, 0.1) is 0 Å². The first kappa shape index (κ1) is 14.4. The van der Waals surface area contributed by atoms with Crippen LogP contribution in [0.15, 0.2) is 46.9 Å². The van der Waals surface area contributed by atoms with E-state index < -0.39 is 0 Å². The van der Waals surface area contributed by atoms with Crippen LogP contribution in [0.5, 0.6) is 11.5 Å². The van der Waals surface area contributed by atoms with Crippen LogP contribution in [0.4, 0.5) is 0 Å². The molecular weight excluding hydrogens is 326 g/mol. The highest BCUT2D eigenvalue weighted by molar-refractivity contribution is 9.10. The summed E-state index contributed by atoms with van der Waals surface area (Å²) in [5, 5.41) is 0.653. The van der Waals surface area contributed by atoms with Crippen LogP contribution in [0.25, 0.3) is 0 Å². The molecule has 1 atom stereocenters. The number of nitrogens with two attached hydrogens (primary N) is 1. The van der Waals surface area contributed by atoms with Gasteiger partial charge in [-0.2, -0.15) is 0 Å². The molecule has 0 fully saturated rings. The van der Waals surface area contributed by atoms with Gasteiger partial charge in [0.25, 0.3) is 0 Å². The van der Waals surface area contributed by atoms with Gasteiger partial charge in [-0.15, -0.1) is 0 Å². The molecule has 2 N–H and O–H groups in total. The number of benzene rings is 2. The van der Waals surface area contributed by atoms with Gasteiger partial charge in [0, 0.05) is 15.5 Å². The first-order chi connectivity index (χ1) is 9.04. The molecule has 0 aliphatic carbocycles. The zero-order chi connectivity index (χ0) is 13.8. The third-order valence-electron chi connectivity index (χ3n) is 2.61. The third kappa shape index (κ3) is 4.23. The van der Waals surface area contributed by atoms with Crippen molar-refractivity contribution in [2.24, 2.45) is 5.73 Å². The molecule has 100 valence electrons. The first-order valence-corrected chi connectivity index (χ1v) is 7.19. The minimum atomic E-state index is 0.0773. The Labute approximate surface area is 126 Å². The van der Waals surface area contributed by atoms with Crippen molar-refractivity contribution in [3.05, 3.63) is 57.5 Å². The van der Waals surface area contributed by atoms with E-state index >= 15 is 0 Å². The summed E-state index contributed by atoms with van der Waals surface area (Å²) in [5.41, 5.74) is 6.91. The van der Waals surface area contributed by atoms with Gasteiger partial charge in [0.2, 0.25) is 0 Å². The lowest BCUT2D eigenvalue weighted by Gasteiger charge is -2.13. The summed E-state index contributed by atoms with van der Waals surface area (Å²) in [5.74, 6) is 1.53. The predicted octanol–water partition coefficient (Wildman–Crippen LogP) is 4.78. The topological polar surface area (TPSA) is 35.2 Å². The van der Waals surface area contributed by atoms with Gasteiger partial charge in [-0.05, 0) is 55.3 Å². The van der Waals surface area contributed by atoms with Gasteiger partial charge < -0.3 is 10.5 Å². The average Bonchev–Trinajstić information content (AvgIpc) is 2.35. The molecule has 0 heterocycles. The van der Waals surface area contributed by atoms with Gasteiger partial charge in [-0.25, -0.2) is 0 Å². The van der Waals surface area contributed by atoms with Crippen LogP contribution < -0.4 is 10.5 Å². The second kappa shape index (κ2) is 6.42. The molecule has 0 saturated heterocycles. The quantitative estimate of drug-likeness (QED) is 0.869. The SMILES string of the molecule is CC(N)Cc1ccc(Cl)cc1Oc1ccc(Br)cc1. The molecule has 2 nitrogen and oxygen atoms in total. The summed E-state index contributed by atoms with van der Waals surface area (Å²) in [4.78, 5) is 0. The summed E-state index contributed by atoms with van der Waals surface area (Å²) in [7, 11) is 0. The maximum absolute atomic E-state index is 6.03. The summed E-state index contributed by atoms with van der Waals surface area (Å²) in [6.45, 7) is 1.97. The molecule has 0 spiro atoms. The van der Waals surface area contributed by atoms with E-state index in [-0.39, 0.29) is 6.04 Å². The standard InChI is InChI=1S/C15H15BrClNO/c1-10(18)8-11-2-5-13(17)9-15(11)19-14-6-3-12(16)4-7-14/h2-7,9-10H,8,18H2,1H3. The Hall–Kier alpha value is -1.03. The maximum atomic E-state index is 6.03. The second-order valence-corrected chi connectivity index (χ2v) is 5.84. The average molecular weight is 341 g/mol. The van der Waals surface area contributed by atoms with Gasteiger partial charge in [0.15, 0.2) is 0 Å². The van der Waals surface area contributed by atoms with E-state index in [2.05, 4.69) is 15.9 Å². The van der Waals surface area contributed by atoms with Gasteiger partial charge in [-0.3, -0.25) is 0 Å². The Kier molecular flexibility index (Phi) is 4.86. The van der Waals surface area contributed by atoms with Crippen molar-refractivity contribution in [1.82, 2.24) is 0 Å². The van der Waals surface area contributed by atoms with Crippen molar-refractivity contribution in [3.8, 4) is 11.5 Å². The minimum absolute atomic E-state index is 0.0773. The fourth-order valence-corrected chi connectivity index (χ4v) is 2.19. The van der Waals surface area contributed by atoms with Crippen LogP contribution in [0.3, 0.4) is 0 Å². The smallest absolute Gasteiger partial charge is 0.132 e. The molecule has 0 radical (unpaired) electrons. The molecular formula is C15H15BrClNO. The molecule has 2 aromatic carbocycles. The number of ether oxygens (including phenoxy) is 1. The maximum Gasteiger partial charge on any atom is 0.132 e. The second-order valence-electron chi connectivity index (χ2n) is 4.49. The molecule has 19 heavy (non-hydrogen) atoms. The first-order valence-electron chi connectivity index (χ1n) is 6.02. The van der Waals surface area contributed by atoms with E-state index in [1.807, 2.05) is 49.4 Å². The van der Waals surface area contributed by atoms with E-state index in [9.17, 15) is 0 Å². The zero-order valence-corrected chi connectivity index (χ0v) is 12.9. The highest BCUT2D eigenvalue weighted by Crippen LogP contribution is 2.29. The largest absolute Gasteiger partial charge is 0.457 e. The van der Waals surface area contributed by atoms with E-state index in [0.29, 0.717) is 5.02 Å². The fraction of sp³-hybridized carbons (Fsp3) is 0.200. The third-order valence-corrected chi connectivity index (χ3v) is 3.38. The minimum Gasteiger partial charge on any atom is -0.457 e. The van der Waals surface area contributed by atoms with E-state index in [1.165, 1.54) is 0 Å². The van der Waals surface area contributed by atoms with Crippen LogP contribution in [-0.2, 0) is 6.42 Å². The molecule has 0 aromatic heterocycles.